The van der Waals surface area contributed by atoms with Crippen molar-refractivity contribution < 1.29 is 14.3 Å². The molecule has 21 heavy (non-hydrogen) atoms. The van der Waals surface area contributed by atoms with Crippen LogP contribution in [-0.2, 0) is 9.59 Å². The molecule has 0 aliphatic carbocycles. The summed E-state index contributed by atoms with van der Waals surface area (Å²) in [6.45, 7) is 3.12. The molecule has 2 N–H and O–H groups in total. The second kappa shape index (κ2) is 7.05. The van der Waals surface area contributed by atoms with Gasteiger partial charge >= 0.3 is 11.8 Å². The van der Waals surface area contributed by atoms with Gasteiger partial charge < -0.3 is 15.0 Å². The molecule has 7 nitrogen and oxygen atoms in total. The number of anilines is 1. The SMILES string of the molecule is COc1cccc(NC(=O)C(=O)NN2CCN(C)CC2)c1. The number of carbonyl (C=O) groups excluding carboxylic acids is 2. The molecule has 1 heterocycles. The van der Waals surface area contributed by atoms with E-state index < -0.39 is 11.8 Å². The highest BCUT2D eigenvalue weighted by atomic mass is 16.5. The van der Waals surface area contributed by atoms with Gasteiger partial charge in [0.15, 0.2) is 0 Å². The summed E-state index contributed by atoms with van der Waals surface area (Å²) in [5.41, 5.74) is 3.13. The predicted molar refractivity (Wildman–Crippen MR) is 78.8 cm³/mol. The maximum absolute atomic E-state index is 11.8. The van der Waals surface area contributed by atoms with Gasteiger partial charge in [0.1, 0.15) is 5.75 Å². The normalized spacial score (nSPS) is 16.3. The van der Waals surface area contributed by atoms with Crippen molar-refractivity contribution >= 4 is 17.5 Å². The number of hydrogen-bond acceptors (Lipinski definition) is 5. The van der Waals surface area contributed by atoms with Crippen LogP contribution in [0.5, 0.6) is 5.75 Å². The topological polar surface area (TPSA) is 73.9 Å². The quantitative estimate of drug-likeness (QED) is 0.762. The van der Waals surface area contributed by atoms with Gasteiger partial charge in [0.05, 0.1) is 7.11 Å². The van der Waals surface area contributed by atoms with Crippen LogP contribution in [0.3, 0.4) is 0 Å². The minimum Gasteiger partial charge on any atom is -0.497 e. The van der Waals surface area contributed by atoms with Crippen LogP contribution in [0.15, 0.2) is 24.3 Å². The molecule has 1 saturated heterocycles. The van der Waals surface area contributed by atoms with Gasteiger partial charge in [0.25, 0.3) is 0 Å². The molecule has 1 aliphatic heterocycles. The number of nitrogens with one attached hydrogen (secondary N) is 2. The van der Waals surface area contributed by atoms with Crippen molar-refractivity contribution in [2.45, 2.75) is 0 Å². The van der Waals surface area contributed by atoms with Crippen molar-refractivity contribution in [3.05, 3.63) is 24.3 Å². The lowest BCUT2D eigenvalue weighted by Crippen LogP contribution is -2.54. The number of amides is 2. The highest BCUT2D eigenvalue weighted by Gasteiger charge is 2.20. The smallest absolute Gasteiger partial charge is 0.323 e. The van der Waals surface area contributed by atoms with Crippen molar-refractivity contribution in [2.24, 2.45) is 0 Å². The fourth-order valence-corrected chi connectivity index (χ4v) is 2.00. The highest BCUT2D eigenvalue weighted by molar-refractivity contribution is 6.39. The molecular formula is C14H20N4O3. The number of rotatable bonds is 3. The largest absolute Gasteiger partial charge is 0.497 e. The summed E-state index contributed by atoms with van der Waals surface area (Å²) in [4.78, 5) is 25.9. The van der Waals surface area contributed by atoms with E-state index in [1.165, 1.54) is 0 Å². The van der Waals surface area contributed by atoms with Crippen molar-refractivity contribution in [3.63, 3.8) is 0 Å². The third-order valence-electron chi connectivity index (χ3n) is 3.30. The Morgan fingerprint density at radius 2 is 1.86 bits per heavy atom. The molecule has 0 radical (unpaired) electrons. The first-order valence-corrected chi connectivity index (χ1v) is 6.78. The van der Waals surface area contributed by atoms with Crippen LogP contribution in [0.25, 0.3) is 0 Å². The Hall–Kier alpha value is -2.12. The zero-order valence-electron chi connectivity index (χ0n) is 12.3. The fraction of sp³-hybridized carbons (Fsp3) is 0.429. The van der Waals surface area contributed by atoms with Gasteiger partial charge in [-0.25, -0.2) is 5.01 Å². The maximum Gasteiger partial charge on any atom is 0.323 e. The number of methoxy groups -OCH3 is 1. The molecular weight excluding hydrogens is 272 g/mol. The maximum atomic E-state index is 11.8. The van der Waals surface area contributed by atoms with E-state index in [0.717, 1.165) is 13.1 Å². The van der Waals surface area contributed by atoms with E-state index in [0.29, 0.717) is 24.5 Å². The lowest BCUT2D eigenvalue weighted by molar-refractivity contribution is -0.139. The van der Waals surface area contributed by atoms with Crippen LogP contribution in [0.2, 0.25) is 0 Å². The molecule has 114 valence electrons. The van der Waals surface area contributed by atoms with Crippen LogP contribution in [0.1, 0.15) is 0 Å². The zero-order chi connectivity index (χ0) is 15.2. The van der Waals surface area contributed by atoms with Gasteiger partial charge in [-0.05, 0) is 19.2 Å². The highest BCUT2D eigenvalue weighted by Crippen LogP contribution is 2.16. The number of hydrogen-bond donors (Lipinski definition) is 2. The first-order valence-electron chi connectivity index (χ1n) is 6.78. The molecule has 0 spiro atoms. The number of benzene rings is 1. The molecule has 7 heteroatoms. The molecule has 0 unspecified atom stereocenters. The first kappa shape index (κ1) is 15.3. The van der Waals surface area contributed by atoms with Crippen molar-refractivity contribution in [2.75, 3.05) is 45.7 Å². The molecule has 0 atom stereocenters. The molecule has 0 saturated carbocycles. The monoisotopic (exact) mass is 292 g/mol. The molecule has 1 aliphatic rings. The van der Waals surface area contributed by atoms with Gasteiger partial charge in [0, 0.05) is 37.9 Å². The van der Waals surface area contributed by atoms with Gasteiger partial charge in [-0.2, -0.15) is 0 Å². The Bertz CT molecular complexity index is 513. The average molecular weight is 292 g/mol. The lowest BCUT2D eigenvalue weighted by atomic mass is 10.3. The number of likely N-dealkylation sites (N-methyl/N-ethyl adjacent to an activating group) is 1. The van der Waals surface area contributed by atoms with E-state index in [9.17, 15) is 9.59 Å². The summed E-state index contributed by atoms with van der Waals surface area (Å²) in [5.74, 6) is -0.739. The molecule has 2 rings (SSSR count). The van der Waals surface area contributed by atoms with Gasteiger partial charge in [-0.3, -0.25) is 15.0 Å². The Morgan fingerprint density at radius 3 is 2.52 bits per heavy atom. The predicted octanol–water partition coefficient (Wildman–Crippen LogP) is -0.0877. The number of ether oxygens (including phenoxy) is 1. The number of carbonyl (C=O) groups is 2. The third kappa shape index (κ3) is 4.44. The van der Waals surface area contributed by atoms with E-state index in [-0.39, 0.29) is 0 Å². The van der Waals surface area contributed by atoms with Crippen molar-refractivity contribution in [3.8, 4) is 5.75 Å². The minimum absolute atomic E-state index is 0.521. The van der Waals surface area contributed by atoms with Crippen LogP contribution in [-0.4, -0.2) is 62.1 Å². The minimum atomic E-state index is -0.692. The second-order valence-electron chi connectivity index (χ2n) is 4.92. The Balaban J connectivity index is 1.86. The standard InChI is InChI=1S/C14H20N4O3/c1-17-6-8-18(9-7-17)16-14(20)13(19)15-11-4-3-5-12(10-11)21-2/h3-5,10H,6-9H2,1-2H3,(H,15,19)(H,16,20). The van der Waals surface area contributed by atoms with Gasteiger partial charge in [-0.15, -0.1) is 0 Å². The van der Waals surface area contributed by atoms with Crippen LogP contribution in [0, 0.1) is 0 Å². The summed E-state index contributed by atoms with van der Waals surface area (Å²) in [6, 6.07) is 6.86. The van der Waals surface area contributed by atoms with E-state index in [1.54, 1.807) is 36.4 Å². The third-order valence-corrected chi connectivity index (χ3v) is 3.30. The average Bonchev–Trinajstić information content (AvgIpc) is 2.49. The van der Waals surface area contributed by atoms with E-state index in [2.05, 4.69) is 15.6 Å². The molecule has 0 bridgehead atoms. The molecule has 2 amide bonds. The number of nitrogens with zero attached hydrogens (tertiary/aromatic N) is 2. The van der Waals surface area contributed by atoms with Crippen LogP contribution >= 0.6 is 0 Å². The summed E-state index contributed by atoms with van der Waals surface area (Å²) in [7, 11) is 3.57. The molecule has 1 aromatic rings. The summed E-state index contributed by atoms with van der Waals surface area (Å²) in [6.07, 6.45) is 0. The molecule has 1 fully saturated rings. The molecule has 0 aromatic heterocycles. The zero-order valence-corrected chi connectivity index (χ0v) is 12.3. The van der Waals surface area contributed by atoms with Crippen LogP contribution in [0.4, 0.5) is 5.69 Å². The van der Waals surface area contributed by atoms with E-state index in [4.69, 9.17) is 4.74 Å². The first-order chi connectivity index (χ1) is 10.1. The lowest BCUT2D eigenvalue weighted by Gasteiger charge is -2.32. The Morgan fingerprint density at radius 1 is 1.14 bits per heavy atom. The fourth-order valence-electron chi connectivity index (χ4n) is 2.00. The van der Waals surface area contributed by atoms with Gasteiger partial charge in [-0.1, -0.05) is 6.07 Å². The van der Waals surface area contributed by atoms with E-state index in [1.807, 2.05) is 7.05 Å². The van der Waals surface area contributed by atoms with Crippen LogP contribution < -0.4 is 15.5 Å². The summed E-state index contributed by atoms with van der Waals surface area (Å²) < 4.78 is 5.06. The number of hydrazine groups is 1. The summed E-state index contributed by atoms with van der Waals surface area (Å²) in [5, 5.41) is 4.30. The number of piperazine rings is 1. The Kier molecular flexibility index (Phi) is 5.13. The Labute approximate surface area is 123 Å². The van der Waals surface area contributed by atoms with Gasteiger partial charge in [0.2, 0.25) is 0 Å². The molecule has 1 aromatic carbocycles. The summed E-state index contributed by atoms with van der Waals surface area (Å²) >= 11 is 0. The van der Waals surface area contributed by atoms with Crippen molar-refractivity contribution in [1.29, 1.82) is 0 Å². The van der Waals surface area contributed by atoms with Crippen molar-refractivity contribution in [1.82, 2.24) is 15.3 Å². The second-order valence-corrected chi connectivity index (χ2v) is 4.92. The van der Waals surface area contributed by atoms with E-state index >= 15 is 0 Å².